The van der Waals surface area contributed by atoms with Gasteiger partial charge in [-0.1, -0.05) is 79.5 Å². The molecule has 4 aliphatic carbocycles. The number of nitrogens with two attached hydrogens (primary N) is 2. The Morgan fingerprint density at radius 2 is 1.77 bits per heavy atom. The number of aliphatic imine (C=N–C) groups is 1. The van der Waals surface area contributed by atoms with Gasteiger partial charge in [0.1, 0.15) is 24.2 Å². The number of aryl methyl sites for hydroxylation is 4. The summed E-state index contributed by atoms with van der Waals surface area (Å²) in [6.07, 6.45) is 21.0. The van der Waals surface area contributed by atoms with E-state index in [1.807, 2.05) is 46.7 Å². The molecule has 4 fully saturated rings. The van der Waals surface area contributed by atoms with Crippen molar-refractivity contribution >= 4 is 27.5 Å². The number of benzene rings is 1. The number of fused-ring (bicyclic) bond motifs is 4. The summed E-state index contributed by atoms with van der Waals surface area (Å²) in [4.78, 5) is 8.65. The third-order valence-electron chi connectivity index (χ3n) is 16.9. The fourth-order valence-electron chi connectivity index (χ4n) is 12.8. The van der Waals surface area contributed by atoms with E-state index in [1.54, 1.807) is 6.07 Å². The fraction of sp³-hybridized carbons (Fsp3) is 0.727. The predicted molar refractivity (Wildman–Crippen MR) is 282 cm³/mol. The number of hydrogen-bond donors (Lipinski definition) is 9. The van der Waals surface area contributed by atoms with Gasteiger partial charge in [0, 0.05) is 72.4 Å². The van der Waals surface area contributed by atoms with Crippen LogP contribution in [0.2, 0.25) is 0 Å². The molecule has 0 spiro atoms. The number of guanidine groups is 1. The number of aromatic amines is 1. The average Bonchev–Trinajstić information content (AvgIpc) is 4.08. The third-order valence-corrected chi connectivity index (χ3v) is 19.4. The maximum atomic E-state index is 11.4. The van der Waals surface area contributed by atoms with Gasteiger partial charge >= 0.3 is 0 Å². The van der Waals surface area contributed by atoms with Gasteiger partial charge in [0.15, 0.2) is 17.5 Å². The van der Waals surface area contributed by atoms with Crippen molar-refractivity contribution in [2.24, 2.45) is 52.0 Å². The number of phenolic OH excluding ortho intramolecular Hbond substituents is 1. The molecule has 14 heteroatoms. The van der Waals surface area contributed by atoms with E-state index in [9.17, 15) is 20.4 Å². The minimum atomic E-state index is -0.883. The van der Waals surface area contributed by atoms with Gasteiger partial charge in [0.25, 0.3) is 0 Å². The van der Waals surface area contributed by atoms with Crippen molar-refractivity contribution in [1.29, 1.82) is 0 Å². The Hall–Kier alpha value is -2.85. The Balaban J connectivity index is 0.808. The smallest absolute Gasteiger partial charge is 0.189 e. The highest BCUT2D eigenvalue weighted by atomic mass is 33.1. The molecule has 11 N–H and O–H groups in total. The number of unbranched alkanes of at least 4 members (excludes halogenated alkanes) is 1. The van der Waals surface area contributed by atoms with Gasteiger partial charge in [-0.15, -0.1) is 0 Å². The highest BCUT2D eigenvalue weighted by Crippen LogP contribution is 2.48. The minimum Gasteiger partial charge on any atom is -0.504 e. The van der Waals surface area contributed by atoms with E-state index < -0.39 is 12.2 Å². The largest absolute Gasteiger partial charge is 0.504 e. The molecule has 2 aromatic heterocycles. The molecule has 0 amide bonds. The molecule has 1 aliphatic heterocycles. The second-order valence-electron chi connectivity index (χ2n) is 22.0. The number of aliphatic hydroxyl groups excluding tert-OH is 3. The Kier molecular flexibility index (Phi) is 19.5. The molecule has 11 atom stereocenters. The quantitative estimate of drug-likeness (QED) is 0.0239. The maximum Gasteiger partial charge on any atom is 0.189 e. The number of furan rings is 1. The number of nitrogens with one attached hydrogen (secondary N) is 3. The lowest BCUT2D eigenvalue weighted by molar-refractivity contribution is 0.103. The second kappa shape index (κ2) is 25.7. The lowest BCUT2D eigenvalue weighted by atomic mass is 9.68. The van der Waals surface area contributed by atoms with Crippen molar-refractivity contribution in [2.45, 2.75) is 185 Å². The first kappa shape index (κ1) is 52.5. The van der Waals surface area contributed by atoms with E-state index >= 15 is 0 Å². The van der Waals surface area contributed by atoms with Crippen LogP contribution in [-0.4, -0.2) is 86.8 Å². The fourth-order valence-corrected chi connectivity index (χ4v) is 15.6. The standard InChI is InChI=1S/C55H86N6O6S2/c1-34-15-18-39-24-41(32-68-69-33-50(34)61-55(57)59-42-11-4-3-5-12-42)47(56)26-38(39)9-6-7-14-53-40(30-62)25-43(67-53)20-16-36-17-22-51(64)54(23-36)66-31-52(65)49-27-45-46(29-58-28-35(2)63)44-13-8-10-37(44)19-21-48(45)60-49/h17,22-23,25,27,34-35,37-39,41-42,44,46-47,50,52,58,60,62-65H,3-16,18-21,24,26,28-33,56H2,1-2H3,(H3,57,59,61)/t34-,35+,37-,38-,39-,41-,44+,46+,47+,50-,52+/m1/s1. The van der Waals surface area contributed by atoms with Gasteiger partial charge in [-0.05, 0) is 148 Å². The van der Waals surface area contributed by atoms with E-state index in [4.69, 9.17) is 25.6 Å². The molecule has 12 nitrogen and oxygen atoms in total. The minimum absolute atomic E-state index is 0.00536. The number of H-pyrrole nitrogens is 1. The van der Waals surface area contributed by atoms with Crippen LogP contribution in [0.25, 0.3) is 0 Å². The first-order valence-corrected chi connectivity index (χ1v) is 29.5. The summed E-state index contributed by atoms with van der Waals surface area (Å²) in [6, 6.07) is 10.5. The lowest BCUT2D eigenvalue weighted by Crippen LogP contribution is -2.42. The van der Waals surface area contributed by atoms with Gasteiger partial charge < -0.3 is 56.7 Å². The summed E-state index contributed by atoms with van der Waals surface area (Å²) < 4.78 is 12.5. The normalized spacial score (nSPS) is 29.1. The summed E-state index contributed by atoms with van der Waals surface area (Å²) in [7, 11) is 3.94. The number of aromatic nitrogens is 1. The average molecular weight is 991 g/mol. The zero-order valence-electron chi connectivity index (χ0n) is 41.7. The van der Waals surface area contributed by atoms with Crippen LogP contribution >= 0.6 is 21.6 Å². The predicted octanol–water partition coefficient (Wildman–Crippen LogP) is 9.22. The van der Waals surface area contributed by atoms with Crippen LogP contribution in [0.3, 0.4) is 0 Å². The Morgan fingerprint density at radius 3 is 2.59 bits per heavy atom. The molecular formula is C55H86N6O6S2. The number of aliphatic hydroxyl groups is 3. The highest BCUT2D eigenvalue weighted by Gasteiger charge is 2.39. The first-order chi connectivity index (χ1) is 33.5. The van der Waals surface area contributed by atoms with Gasteiger partial charge in [-0.25, -0.2) is 4.99 Å². The Bertz CT molecular complexity index is 2070. The molecule has 3 saturated carbocycles. The van der Waals surface area contributed by atoms with Crippen molar-refractivity contribution < 1.29 is 29.6 Å². The van der Waals surface area contributed by atoms with E-state index in [0.717, 1.165) is 90.8 Å². The molecule has 1 aromatic carbocycles. The van der Waals surface area contributed by atoms with E-state index in [2.05, 4.69) is 28.6 Å². The zero-order chi connectivity index (χ0) is 48.3. The van der Waals surface area contributed by atoms with Crippen molar-refractivity contribution in [3.63, 3.8) is 0 Å². The molecule has 3 aromatic rings. The molecule has 3 heterocycles. The number of ether oxygens (including phenoxy) is 1. The van der Waals surface area contributed by atoms with E-state index in [0.29, 0.717) is 72.6 Å². The molecule has 2 bridgehead atoms. The van der Waals surface area contributed by atoms with Crippen molar-refractivity contribution in [3.8, 4) is 11.5 Å². The molecule has 8 rings (SSSR count). The number of rotatable bonds is 19. The van der Waals surface area contributed by atoms with Crippen LogP contribution in [0.4, 0.5) is 0 Å². The molecule has 69 heavy (non-hydrogen) atoms. The molecule has 1 saturated heterocycles. The van der Waals surface area contributed by atoms with Crippen LogP contribution in [0.1, 0.15) is 168 Å². The summed E-state index contributed by atoms with van der Waals surface area (Å²) in [5.74, 6) is 8.84. The molecule has 5 aliphatic rings. The SMILES string of the molecule is C[C@H](O)CNC[C@@H]1c2cc([C@@H](O)COc3cc(CCc4cc(CO)c(CCCC[C@@H]5C[C@H](N)[C@H]6CSSC[C@@H](N=C(N)NC7CCCCC7)[C@H](C)CC[C@@H]5C6)o4)ccc3O)[nH]c2CC[C@H]2CCC[C@@H]21. The van der Waals surface area contributed by atoms with Gasteiger partial charge in [-0.3, -0.25) is 0 Å². The molecule has 384 valence electrons. The molecule has 0 unspecified atom stereocenters. The molecular weight excluding hydrogens is 905 g/mol. The Labute approximate surface area is 420 Å². The number of hydrogen-bond acceptors (Lipinski definition) is 11. The van der Waals surface area contributed by atoms with E-state index in [-0.39, 0.29) is 31.0 Å². The van der Waals surface area contributed by atoms with Crippen molar-refractivity contribution in [3.05, 3.63) is 69.9 Å². The first-order valence-electron chi connectivity index (χ1n) is 27.1. The second-order valence-corrected chi connectivity index (χ2v) is 24.5. The Morgan fingerprint density at radius 1 is 0.928 bits per heavy atom. The van der Waals surface area contributed by atoms with E-state index in [1.165, 1.54) is 88.3 Å². The van der Waals surface area contributed by atoms with Gasteiger partial charge in [-0.2, -0.15) is 0 Å². The third kappa shape index (κ3) is 14.4. The number of aromatic hydroxyl groups is 1. The van der Waals surface area contributed by atoms with Crippen LogP contribution in [0.15, 0.2) is 39.7 Å². The summed E-state index contributed by atoms with van der Waals surface area (Å²) in [5.41, 5.74) is 18.5. The van der Waals surface area contributed by atoms with Gasteiger partial charge in [0.05, 0.1) is 18.8 Å². The maximum absolute atomic E-state index is 11.4. The van der Waals surface area contributed by atoms with Crippen LogP contribution in [0, 0.1) is 35.5 Å². The monoisotopic (exact) mass is 991 g/mol. The lowest BCUT2D eigenvalue weighted by Gasteiger charge is -2.40. The zero-order valence-corrected chi connectivity index (χ0v) is 43.4. The molecule has 0 radical (unpaired) electrons. The van der Waals surface area contributed by atoms with Crippen LogP contribution in [-0.2, 0) is 32.3 Å². The van der Waals surface area contributed by atoms with Crippen molar-refractivity contribution in [2.75, 3.05) is 31.2 Å². The number of nitrogens with zero attached hydrogens (tertiary/aromatic N) is 1. The summed E-state index contributed by atoms with van der Waals surface area (Å²) in [6.45, 7) is 5.53. The van der Waals surface area contributed by atoms with Gasteiger partial charge in [0.2, 0.25) is 0 Å². The summed E-state index contributed by atoms with van der Waals surface area (Å²) in [5, 5.41) is 49.4. The van der Waals surface area contributed by atoms with Crippen LogP contribution in [0.5, 0.6) is 11.5 Å². The highest BCUT2D eigenvalue weighted by molar-refractivity contribution is 8.76. The number of phenols is 1. The van der Waals surface area contributed by atoms with Crippen LogP contribution < -0.4 is 26.8 Å². The summed E-state index contributed by atoms with van der Waals surface area (Å²) >= 11 is 0. The topological polar surface area (TPSA) is 208 Å². The van der Waals surface area contributed by atoms with Crippen molar-refractivity contribution in [1.82, 2.24) is 15.6 Å².